The maximum absolute atomic E-state index is 12.2. The summed E-state index contributed by atoms with van der Waals surface area (Å²) in [7, 11) is 0. The molecule has 2 aromatic rings. The second-order valence-corrected chi connectivity index (χ2v) is 5.32. The van der Waals surface area contributed by atoms with Gasteiger partial charge in [0.25, 0.3) is 17.4 Å². The van der Waals surface area contributed by atoms with E-state index in [-0.39, 0.29) is 28.4 Å². The van der Waals surface area contributed by atoms with E-state index in [0.29, 0.717) is 4.47 Å². The van der Waals surface area contributed by atoms with Crippen molar-refractivity contribution < 1.29 is 14.7 Å². The number of rotatable bonds is 1. The molecule has 1 aliphatic heterocycles. The van der Waals surface area contributed by atoms with E-state index in [0.717, 1.165) is 10.6 Å². The van der Waals surface area contributed by atoms with Crippen LogP contribution in [-0.4, -0.2) is 21.5 Å². The topological polar surface area (TPSA) is 114 Å². The number of nitrogens with one attached hydrogen (secondary N) is 1. The molecular formula is C13H8BrN3O4. The van der Waals surface area contributed by atoms with Crippen molar-refractivity contribution in [2.75, 3.05) is 5.73 Å². The minimum absolute atomic E-state index is 0.0618. The van der Waals surface area contributed by atoms with E-state index >= 15 is 0 Å². The molecule has 1 aromatic carbocycles. The second kappa shape index (κ2) is 4.45. The first-order valence-corrected chi connectivity index (χ1v) is 6.59. The van der Waals surface area contributed by atoms with Crippen molar-refractivity contribution in [3.8, 4) is 11.4 Å². The molecule has 21 heavy (non-hydrogen) atoms. The van der Waals surface area contributed by atoms with Gasteiger partial charge in [-0.15, -0.1) is 0 Å². The number of nitrogen functional groups attached to an aromatic ring is 1. The molecule has 8 heteroatoms. The van der Waals surface area contributed by atoms with Gasteiger partial charge in [0.2, 0.25) is 0 Å². The maximum Gasteiger partial charge on any atom is 0.262 e. The molecule has 0 fully saturated rings. The van der Waals surface area contributed by atoms with Crippen molar-refractivity contribution in [2.24, 2.45) is 0 Å². The number of phenols is 1. The van der Waals surface area contributed by atoms with Gasteiger partial charge in [-0.3, -0.25) is 24.3 Å². The third-order valence-electron chi connectivity index (χ3n) is 3.13. The van der Waals surface area contributed by atoms with E-state index in [2.05, 4.69) is 21.2 Å². The van der Waals surface area contributed by atoms with Gasteiger partial charge in [-0.05, 0) is 18.2 Å². The lowest BCUT2D eigenvalue weighted by atomic mass is 10.1. The van der Waals surface area contributed by atoms with Gasteiger partial charge in [0.1, 0.15) is 11.6 Å². The summed E-state index contributed by atoms with van der Waals surface area (Å²) in [6.45, 7) is 0. The van der Waals surface area contributed by atoms with E-state index in [9.17, 15) is 19.5 Å². The van der Waals surface area contributed by atoms with E-state index in [1.54, 1.807) is 6.07 Å². The van der Waals surface area contributed by atoms with Crippen LogP contribution >= 0.6 is 15.9 Å². The Balaban J connectivity index is 2.38. The fourth-order valence-electron chi connectivity index (χ4n) is 2.20. The highest BCUT2D eigenvalue weighted by molar-refractivity contribution is 9.10. The molecule has 106 valence electrons. The Morgan fingerprint density at radius 1 is 1.14 bits per heavy atom. The maximum atomic E-state index is 12.2. The van der Waals surface area contributed by atoms with Crippen molar-refractivity contribution in [2.45, 2.75) is 0 Å². The lowest BCUT2D eigenvalue weighted by Gasteiger charge is -2.13. The number of halogens is 1. The van der Waals surface area contributed by atoms with Crippen LogP contribution < -0.4 is 16.6 Å². The number of amides is 2. The fourth-order valence-corrected chi connectivity index (χ4v) is 2.55. The molecule has 0 aliphatic carbocycles. The zero-order valence-corrected chi connectivity index (χ0v) is 12.0. The van der Waals surface area contributed by atoms with Gasteiger partial charge in [0.15, 0.2) is 0 Å². The SMILES string of the molecule is Nc1c2c(cc(=O)n1-c1cc(Br)ccc1O)C(=O)NC2=O. The van der Waals surface area contributed by atoms with Gasteiger partial charge in [-0.2, -0.15) is 0 Å². The molecule has 2 heterocycles. The lowest BCUT2D eigenvalue weighted by Crippen LogP contribution is -2.24. The summed E-state index contributed by atoms with van der Waals surface area (Å²) in [5, 5.41) is 12.0. The highest BCUT2D eigenvalue weighted by Crippen LogP contribution is 2.29. The normalized spacial score (nSPS) is 13.2. The van der Waals surface area contributed by atoms with Gasteiger partial charge < -0.3 is 10.8 Å². The molecule has 0 saturated carbocycles. The first kappa shape index (κ1) is 13.4. The summed E-state index contributed by atoms with van der Waals surface area (Å²) in [4.78, 5) is 35.5. The first-order valence-electron chi connectivity index (χ1n) is 5.80. The number of imide groups is 1. The first-order chi connectivity index (χ1) is 9.90. The van der Waals surface area contributed by atoms with Crippen LogP contribution in [0.25, 0.3) is 5.69 Å². The highest BCUT2D eigenvalue weighted by Gasteiger charge is 2.32. The van der Waals surface area contributed by atoms with Crippen LogP contribution in [-0.2, 0) is 0 Å². The molecule has 0 spiro atoms. The lowest BCUT2D eigenvalue weighted by molar-refractivity contribution is 0.0880. The minimum atomic E-state index is -0.671. The monoisotopic (exact) mass is 349 g/mol. The van der Waals surface area contributed by atoms with E-state index in [4.69, 9.17) is 5.73 Å². The molecule has 3 rings (SSSR count). The third kappa shape index (κ3) is 1.91. The van der Waals surface area contributed by atoms with Crippen molar-refractivity contribution in [3.63, 3.8) is 0 Å². The van der Waals surface area contributed by atoms with Gasteiger partial charge in [-0.25, -0.2) is 0 Å². The number of nitrogens with two attached hydrogens (primary N) is 1. The largest absolute Gasteiger partial charge is 0.506 e. The molecule has 4 N–H and O–H groups in total. The summed E-state index contributed by atoms with van der Waals surface area (Å²) in [5.74, 6) is -1.72. The predicted molar refractivity (Wildman–Crippen MR) is 77.6 cm³/mol. The van der Waals surface area contributed by atoms with Crippen LogP contribution in [0.1, 0.15) is 20.7 Å². The van der Waals surface area contributed by atoms with Crippen molar-refractivity contribution in [3.05, 3.63) is 50.2 Å². The molecule has 0 radical (unpaired) electrons. The number of fused-ring (bicyclic) bond motifs is 1. The molecular weight excluding hydrogens is 342 g/mol. The Morgan fingerprint density at radius 2 is 1.86 bits per heavy atom. The third-order valence-corrected chi connectivity index (χ3v) is 3.62. The van der Waals surface area contributed by atoms with Crippen molar-refractivity contribution >= 4 is 33.6 Å². The van der Waals surface area contributed by atoms with Crippen molar-refractivity contribution in [1.82, 2.24) is 9.88 Å². The smallest absolute Gasteiger partial charge is 0.262 e. The van der Waals surface area contributed by atoms with Crippen LogP contribution in [0.2, 0.25) is 0 Å². The Labute approximate surface area is 126 Å². The predicted octanol–water partition coefficient (Wildman–Crippen LogP) is 0.771. The number of phenolic OH excluding ortho intramolecular Hbond substituents is 1. The molecule has 0 atom stereocenters. The molecule has 1 aliphatic rings. The Kier molecular flexibility index (Phi) is 2.84. The standard InChI is InChI=1S/C13H8BrN3O4/c14-5-1-2-8(18)7(3-5)17-9(19)4-6-10(11(17)15)13(21)16-12(6)20/h1-4,18H,15H2,(H,16,20,21). The summed E-state index contributed by atoms with van der Waals surface area (Å²) in [6, 6.07) is 5.47. The number of hydrogen-bond donors (Lipinski definition) is 3. The zero-order valence-electron chi connectivity index (χ0n) is 10.4. The Bertz CT molecular complexity index is 872. The zero-order chi connectivity index (χ0) is 15.3. The van der Waals surface area contributed by atoms with Gasteiger partial charge in [-0.1, -0.05) is 15.9 Å². The molecule has 2 amide bonds. The van der Waals surface area contributed by atoms with Gasteiger partial charge in [0.05, 0.1) is 16.8 Å². The Hall–Kier alpha value is -2.61. The highest BCUT2D eigenvalue weighted by atomic mass is 79.9. The number of hydrogen-bond acceptors (Lipinski definition) is 5. The van der Waals surface area contributed by atoms with Crippen LogP contribution in [0.5, 0.6) is 5.75 Å². The summed E-state index contributed by atoms with van der Waals surface area (Å²) < 4.78 is 1.60. The number of aromatic nitrogens is 1. The summed E-state index contributed by atoms with van der Waals surface area (Å²) in [6.07, 6.45) is 0. The minimum Gasteiger partial charge on any atom is -0.506 e. The fraction of sp³-hybridized carbons (Fsp3) is 0. The van der Waals surface area contributed by atoms with Crippen LogP contribution in [0.15, 0.2) is 33.5 Å². The number of aromatic hydroxyl groups is 1. The van der Waals surface area contributed by atoms with Gasteiger partial charge in [0, 0.05) is 10.5 Å². The quantitative estimate of drug-likeness (QED) is 0.658. The van der Waals surface area contributed by atoms with Crippen molar-refractivity contribution in [1.29, 1.82) is 0 Å². The summed E-state index contributed by atoms with van der Waals surface area (Å²) in [5.41, 5.74) is 5.22. The number of carbonyl (C=O) groups is 2. The molecule has 0 bridgehead atoms. The Morgan fingerprint density at radius 3 is 2.57 bits per heavy atom. The average molecular weight is 350 g/mol. The molecule has 0 saturated heterocycles. The van der Waals surface area contributed by atoms with E-state index in [1.165, 1.54) is 12.1 Å². The van der Waals surface area contributed by atoms with E-state index in [1.807, 2.05) is 0 Å². The molecule has 0 unspecified atom stereocenters. The number of pyridine rings is 1. The number of nitrogens with zero attached hydrogens (tertiary/aromatic N) is 1. The average Bonchev–Trinajstić information content (AvgIpc) is 2.68. The molecule has 7 nitrogen and oxygen atoms in total. The molecule has 1 aromatic heterocycles. The second-order valence-electron chi connectivity index (χ2n) is 4.41. The number of carbonyl (C=O) groups excluding carboxylic acids is 2. The number of benzene rings is 1. The number of anilines is 1. The van der Waals surface area contributed by atoms with Gasteiger partial charge >= 0.3 is 0 Å². The summed E-state index contributed by atoms with van der Waals surface area (Å²) >= 11 is 3.23. The van der Waals surface area contributed by atoms with Crippen LogP contribution in [0, 0.1) is 0 Å². The van der Waals surface area contributed by atoms with Crippen LogP contribution in [0.4, 0.5) is 5.82 Å². The van der Waals surface area contributed by atoms with Crippen LogP contribution in [0.3, 0.4) is 0 Å². The van der Waals surface area contributed by atoms with E-state index < -0.39 is 17.4 Å².